The van der Waals surface area contributed by atoms with Crippen LogP contribution in [0.15, 0.2) is 12.3 Å². The van der Waals surface area contributed by atoms with Gasteiger partial charge in [-0.25, -0.2) is 9.97 Å². The van der Waals surface area contributed by atoms with Crippen LogP contribution in [0.1, 0.15) is 31.7 Å². The second kappa shape index (κ2) is 6.55. The lowest BCUT2D eigenvalue weighted by molar-refractivity contribution is 0.265. The summed E-state index contributed by atoms with van der Waals surface area (Å²) in [5.41, 5.74) is 3.01. The number of pyridine rings is 1. The van der Waals surface area contributed by atoms with E-state index in [1.165, 1.54) is 0 Å². The first kappa shape index (κ1) is 15.3. The highest BCUT2D eigenvalue weighted by Gasteiger charge is 2.11. The van der Waals surface area contributed by atoms with E-state index in [4.69, 9.17) is 11.6 Å². The summed E-state index contributed by atoms with van der Waals surface area (Å²) in [5.74, 6) is 1.34. The number of hydrogen-bond donors (Lipinski definition) is 0. The first-order valence-corrected chi connectivity index (χ1v) is 7.64. The second-order valence-electron chi connectivity index (χ2n) is 5.60. The van der Waals surface area contributed by atoms with Gasteiger partial charge in [-0.2, -0.15) is 0 Å². The SMILES string of the molecule is Cc1cnc2c(c1)nc(CCl)n2CCCN(C)C(C)C. The van der Waals surface area contributed by atoms with E-state index in [9.17, 15) is 0 Å². The molecule has 5 heteroatoms. The van der Waals surface area contributed by atoms with Crippen LogP contribution in [0, 0.1) is 6.92 Å². The number of halogens is 1. The van der Waals surface area contributed by atoms with Crippen molar-refractivity contribution in [3.8, 4) is 0 Å². The van der Waals surface area contributed by atoms with Crippen molar-refractivity contribution in [1.29, 1.82) is 0 Å². The zero-order chi connectivity index (χ0) is 14.7. The fourth-order valence-corrected chi connectivity index (χ4v) is 2.44. The Morgan fingerprint density at radius 2 is 2.15 bits per heavy atom. The Bertz CT molecular complexity index is 577. The van der Waals surface area contributed by atoms with Gasteiger partial charge in [0.1, 0.15) is 11.3 Å². The quantitative estimate of drug-likeness (QED) is 0.767. The average Bonchev–Trinajstić information content (AvgIpc) is 2.75. The number of aromatic nitrogens is 3. The van der Waals surface area contributed by atoms with Gasteiger partial charge in [0, 0.05) is 18.8 Å². The Labute approximate surface area is 125 Å². The lowest BCUT2D eigenvalue weighted by Crippen LogP contribution is -2.28. The van der Waals surface area contributed by atoms with Crippen molar-refractivity contribution in [2.24, 2.45) is 0 Å². The molecule has 2 aromatic heterocycles. The normalized spacial score (nSPS) is 11.9. The van der Waals surface area contributed by atoms with E-state index in [0.29, 0.717) is 11.9 Å². The number of aryl methyl sites for hydroxylation is 2. The maximum absolute atomic E-state index is 6.01. The van der Waals surface area contributed by atoms with Crippen LogP contribution in [0.3, 0.4) is 0 Å². The molecule has 0 amide bonds. The molecule has 0 atom stereocenters. The molecule has 0 unspecified atom stereocenters. The standard InChI is InChI=1S/C15H23ClN4/c1-11(2)19(4)6-5-7-20-14(9-16)18-13-8-12(3)10-17-15(13)20/h8,10-11H,5-7,9H2,1-4H3. The van der Waals surface area contributed by atoms with Crippen molar-refractivity contribution in [2.75, 3.05) is 13.6 Å². The summed E-state index contributed by atoms with van der Waals surface area (Å²) in [5, 5.41) is 0. The van der Waals surface area contributed by atoms with Gasteiger partial charge in [0.2, 0.25) is 0 Å². The van der Waals surface area contributed by atoms with Crippen LogP contribution < -0.4 is 0 Å². The molecule has 0 spiro atoms. The third-order valence-corrected chi connectivity index (χ3v) is 3.93. The van der Waals surface area contributed by atoms with Crippen LogP contribution in [-0.2, 0) is 12.4 Å². The molecule has 0 aliphatic heterocycles. The largest absolute Gasteiger partial charge is 0.312 e. The summed E-state index contributed by atoms with van der Waals surface area (Å²) in [6, 6.07) is 2.64. The molecular weight excluding hydrogens is 272 g/mol. The zero-order valence-corrected chi connectivity index (χ0v) is 13.5. The molecular formula is C15H23ClN4. The molecule has 0 aromatic carbocycles. The predicted octanol–water partition coefficient (Wildman–Crippen LogP) is 3.21. The molecule has 110 valence electrons. The molecule has 0 radical (unpaired) electrons. The third kappa shape index (κ3) is 3.30. The summed E-state index contributed by atoms with van der Waals surface area (Å²) < 4.78 is 2.15. The Balaban J connectivity index is 2.16. The highest BCUT2D eigenvalue weighted by atomic mass is 35.5. The van der Waals surface area contributed by atoms with Crippen molar-refractivity contribution < 1.29 is 0 Å². The highest BCUT2D eigenvalue weighted by molar-refractivity contribution is 6.16. The number of fused-ring (bicyclic) bond motifs is 1. The second-order valence-corrected chi connectivity index (χ2v) is 5.86. The number of hydrogen-bond acceptors (Lipinski definition) is 3. The minimum absolute atomic E-state index is 0.426. The van der Waals surface area contributed by atoms with Gasteiger partial charge in [0.05, 0.1) is 5.88 Å². The average molecular weight is 295 g/mol. The van der Waals surface area contributed by atoms with E-state index in [2.05, 4.69) is 46.4 Å². The maximum Gasteiger partial charge on any atom is 0.160 e. The smallest absolute Gasteiger partial charge is 0.160 e. The van der Waals surface area contributed by atoms with E-state index < -0.39 is 0 Å². The van der Waals surface area contributed by atoms with Crippen LogP contribution in [0.2, 0.25) is 0 Å². The van der Waals surface area contributed by atoms with Gasteiger partial charge in [0.15, 0.2) is 5.65 Å². The van der Waals surface area contributed by atoms with Crippen LogP contribution in [0.4, 0.5) is 0 Å². The maximum atomic E-state index is 6.01. The van der Waals surface area contributed by atoms with Crippen LogP contribution in [0.5, 0.6) is 0 Å². The summed E-state index contributed by atoms with van der Waals surface area (Å²) in [6.07, 6.45) is 2.96. The van der Waals surface area contributed by atoms with Crippen LogP contribution in [-0.4, -0.2) is 39.1 Å². The van der Waals surface area contributed by atoms with Crippen molar-refractivity contribution in [3.63, 3.8) is 0 Å². The summed E-state index contributed by atoms with van der Waals surface area (Å²) in [7, 11) is 2.15. The Hall–Kier alpha value is -1.13. The lowest BCUT2D eigenvalue weighted by atomic mass is 10.3. The van der Waals surface area contributed by atoms with Gasteiger partial charge in [0.25, 0.3) is 0 Å². The molecule has 0 bridgehead atoms. The molecule has 2 rings (SSSR count). The van der Waals surface area contributed by atoms with E-state index in [0.717, 1.165) is 42.1 Å². The highest BCUT2D eigenvalue weighted by Crippen LogP contribution is 2.17. The van der Waals surface area contributed by atoms with Crippen molar-refractivity contribution in [2.45, 2.75) is 45.7 Å². The Morgan fingerprint density at radius 3 is 2.80 bits per heavy atom. The van der Waals surface area contributed by atoms with Gasteiger partial charge in [-0.1, -0.05) is 0 Å². The van der Waals surface area contributed by atoms with E-state index in [1.807, 2.05) is 13.1 Å². The van der Waals surface area contributed by atoms with Crippen molar-refractivity contribution in [3.05, 3.63) is 23.7 Å². The van der Waals surface area contributed by atoms with Gasteiger partial charge in [-0.15, -0.1) is 11.6 Å². The molecule has 4 nitrogen and oxygen atoms in total. The molecule has 0 N–H and O–H groups in total. The number of nitrogens with zero attached hydrogens (tertiary/aromatic N) is 4. The number of imidazole rings is 1. The fraction of sp³-hybridized carbons (Fsp3) is 0.600. The third-order valence-electron chi connectivity index (χ3n) is 3.69. The fourth-order valence-electron chi connectivity index (χ4n) is 2.23. The Morgan fingerprint density at radius 1 is 1.40 bits per heavy atom. The first-order chi connectivity index (χ1) is 9.52. The van der Waals surface area contributed by atoms with E-state index in [-0.39, 0.29) is 0 Å². The molecule has 2 aromatic rings. The molecule has 2 heterocycles. The van der Waals surface area contributed by atoms with Crippen molar-refractivity contribution >= 4 is 22.8 Å². The molecule has 0 saturated carbocycles. The molecule has 0 fully saturated rings. The van der Waals surface area contributed by atoms with Crippen LogP contribution in [0.25, 0.3) is 11.2 Å². The van der Waals surface area contributed by atoms with Gasteiger partial charge in [-0.05, 0) is 52.4 Å². The summed E-state index contributed by atoms with van der Waals surface area (Å²) in [6.45, 7) is 8.42. The van der Waals surface area contributed by atoms with E-state index >= 15 is 0 Å². The molecule has 0 saturated heterocycles. The lowest BCUT2D eigenvalue weighted by Gasteiger charge is -2.21. The zero-order valence-electron chi connectivity index (χ0n) is 12.7. The number of rotatable bonds is 6. The molecule has 20 heavy (non-hydrogen) atoms. The van der Waals surface area contributed by atoms with Gasteiger partial charge in [-0.3, -0.25) is 0 Å². The topological polar surface area (TPSA) is 34.0 Å². The number of alkyl halides is 1. The Kier molecular flexibility index (Phi) is 5.00. The predicted molar refractivity (Wildman–Crippen MR) is 84.2 cm³/mol. The van der Waals surface area contributed by atoms with Gasteiger partial charge < -0.3 is 9.47 Å². The van der Waals surface area contributed by atoms with Crippen LogP contribution >= 0.6 is 11.6 Å². The summed E-state index contributed by atoms with van der Waals surface area (Å²) in [4.78, 5) is 11.4. The minimum Gasteiger partial charge on any atom is -0.312 e. The first-order valence-electron chi connectivity index (χ1n) is 7.11. The molecule has 0 aliphatic carbocycles. The minimum atomic E-state index is 0.426. The summed E-state index contributed by atoms with van der Waals surface area (Å²) >= 11 is 6.01. The van der Waals surface area contributed by atoms with Crippen molar-refractivity contribution in [1.82, 2.24) is 19.4 Å². The molecule has 0 aliphatic rings. The van der Waals surface area contributed by atoms with Gasteiger partial charge >= 0.3 is 0 Å². The van der Waals surface area contributed by atoms with E-state index in [1.54, 1.807) is 0 Å². The monoisotopic (exact) mass is 294 g/mol.